The van der Waals surface area contributed by atoms with E-state index in [1.54, 1.807) is 12.1 Å². The van der Waals surface area contributed by atoms with Crippen molar-refractivity contribution in [3.05, 3.63) is 53.9 Å². The van der Waals surface area contributed by atoms with Gasteiger partial charge in [0, 0.05) is 17.8 Å². The Morgan fingerprint density at radius 1 is 1.05 bits per heavy atom. The van der Waals surface area contributed by atoms with Crippen LogP contribution in [0.1, 0.15) is 55.7 Å². The molecule has 2 aromatic rings. The third-order valence-electron chi connectivity index (χ3n) is 4.66. The lowest BCUT2D eigenvalue weighted by Crippen LogP contribution is -2.33. The average Bonchev–Trinajstić information content (AvgIpc) is 3.01. The van der Waals surface area contributed by atoms with Crippen molar-refractivity contribution in [2.75, 3.05) is 0 Å². The Balaban J connectivity index is 1.88. The fraction of sp³-hybridized carbons (Fsp3) is 0.444. The van der Waals surface area contributed by atoms with Crippen molar-refractivity contribution in [1.29, 1.82) is 0 Å². The molecule has 3 N–H and O–H groups in total. The standard InChI is InChI=1S/C18H23NO2/c20-15-8-6-14(7-9-15)16(17-5-4-12-19-17)13-18(21)10-2-1-3-11-18/h4-9,12,16,19-21H,1-3,10-11,13H2. The van der Waals surface area contributed by atoms with Crippen molar-refractivity contribution in [1.82, 2.24) is 4.98 Å². The number of aliphatic hydroxyl groups is 1. The minimum atomic E-state index is -0.564. The number of hydrogen-bond acceptors (Lipinski definition) is 2. The maximum absolute atomic E-state index is 10.9. The molecule has 1 aliphatic rings. The van der Waals surface area contributed by atoms with Crippen LogP contribution in [-0.2, 0) is 0 Å². The van der Waals surface area contributed by atoms with E-state index in [-0.39, 0.29) is 11.7 Å². The van der Waals surface area contributed by atoms with Gasteiger partial charge in [0.2, 0.25) is 0 Å². The van der Waals surface area contributed by atoms with Crippen molar-refractivity contribution in [2.45, 2.75) is 50.0 Å². The summed E-state index contributed by atoms with van der Waals surface area (Å²) < 4.78 is 0. The first kappa shape index (κ1) is 14.2. The number of nitrogens with one attached hydrogen (secondary N) is 1. The Labute approximate surface area is 125 Å². The first-order valence-electron chi connectivity index (χ1n) is 7.81. The van der Waals surface area contributed by atoms with Gasteiger partial charge in [-0.05, 0) is 49.1 Å². The smallest absolute Gasteiger partial charge is 0.115 e. The number of phenolic OH excluding ortho intramolecular Hbond substituents is 1. The molecule has 0 saturated heterocycles. The molecule has 0 spiro atoms. The van der Waals surface area contributed by atoms with Gasteiger partial charge < -0.3 is 15.2 Å². The van der Waals surface area contributed by atoms with E-state index >= 15 is 0 Å². The van der Waals surface area contributed by atoms with Crippen LogP contribution in [0.2, 0.25) is 0 Å². The molecule has 1 heterocycles. The average molecular weight is 285 g/mol. The lowest BCUT2D eigenvalue weighted by molar-refractivity contribution is -0.00737. The maximum atomic E-state index is 10.9. The predicted molar refractivity (Wildman–Crippen MR) is 83.4 cm³/mol. The molecule has 3 heteroatoms. The van der Waals surface area contributed by atoms with Crippen molar-refractivity contribution >= 4 is 0 Å². The quantitative estimate of drug-likeness (QED) is 0.797. The molecule has 21 heavy (non-hydrogen) atoms. The number of hydrogen-bond donors (Lipinski definition) is 3. The van der Waals surface area contributed by atoms with E-state index in [1.807, 2.05) is 24.4 Å². The van der Waals surface area contributed by atoms with Crippen LogP contribution in [0.3, 0.4) is 0 Å². The minimum Gasteiger partial charge on any atom is -0.508 e. The van der Waals surface area contributed by atoms with Crippen molar-refractivity contribution in [2.24, 2.45) is 0 Å². The predicted octanol–water partition coefficient (Wildman–Crippen LogP) is 3.94. The van der Waals surface area contributed by atoms with Crippen LogP contribution >= 0.6 is 0 Å². The Kier molecular flexibility index (Phi) is 4.02. The van der Waals surface area contributed by atoms with Crippen LogP contribution in [0.15, 0.2) is 42.6 Å². The molecule has 1 aromatic heterocycles. The molecule has 112 valence electrons. The molecule has 1 fully saturated rings. The second-order valence-corrected chi connectivity index (χ2v) is 6.26. The highest BCUT2D eigenvalue weighted by atomic mass is 16.3. The van der Waals surface area contributed by atoms with Gasteiger partial charge in [-0.2, -0.15) is 0 Å². The van der Waals surface area contributed by atoms with Gasteiger partial charge in [-0.1, -0.05) is 31.4 Å². The van der Waals surface area contributed by atoms with Gasteiger partial charge in [0.25, 0.3) is 0 Å². The van der Waals surface area contributed by atoms with Gasteiger partial charge in [-0.15, -0.1) is 0 Å². The lowest BCUT2D eigenvalue weighted by atomic mass is 9.76. The molecule has 1 aromatic carbocycles. The Bertz CT molecular complexity index is 553. The summed E-state index contributed by atoms with van der Waals surface area (Å²) >= 11 is 0. The molecule has 1 saturated carbocycles. The van der Waals surface area contributed by atoms with Crippen LogP contribution in [-0.4, -0.2) is 20.8 Å². The van der Waals surface area contributed by atoms with Crippen LogP contribution in [0.5, 0.6) is 5.75 Å². The highest BCUT2D eigenvalue weighted by Crippen LogP contribution is 2.39. The zero-order valence-electron chi connectivity index (χ0n) is 12.3. The van der Waals surface area contributed by atoms with Crippen LogP contribution in [0, 0.1) is 0 Å². The van der Waals surface area contributed by atoms with Crippen LogP contribution in [0.4, 0.5) is 0 Å². The van der Waals surface area contributed by atoms with E-state index in [0.717, 1.165) is 43.4 Å². The van der Waals surface area contributed by atoms with Gasteiger partial charge in [-0.25, -0.2) is 0 Å². The Morgan fingerprint density at radius 3 is 2.38 bits per heavy atom. The summed E-state index contributed by atoms with van der Waals surface area (Å²) in [6.07, 6.45) is 7.90. The summed E-state index contributed by atoms with van der Waals surface area (Å²) in [5.41, 5.74) is 1.69. The maximum Gasteiger partial charge on any atom is 0.115 e. The number of H-pyrrole nitrogens is 1. The molecule has 1 atom stereocenters. The van der Waals surface area contributed by atoms with E-state index in [0.29, 0.717) is 0 Å². The summed E-state index contributed by atoms with van der Waals surface area (Å²) in [5.74, 6) is 0.420. The van der Waals surface area contributed by atoms with Crippen molar-refractivity contribution in [3.63, 3.8) is 0 Å². The third kappa shape index (κ3) is 3.30. The van der Waals surface area contributed by atoms with E-state index < -0.39 is 5.60 Å². The Hall–Kier alpha value is -1.74. The third-order valence-corrected chi connectivity index (χ3v) is 4.66. The van der Waals surface area contributed by atoms with Gasteiger partial charge in [0.05, 0.1) is 5.60 Å². The van der Waals surface area contributed by atoms with Gasteiger partial charge >= 0.3 is 0 Å². The van der Waals surface area contributed by atoms with E-state index in [4.69, 9.17) is 0 Å². The van der Waals surface area contributed by atoms with Crippen LogP contribution in [0.25, 0.3) is 0 Å². The molecular weight excluding hydrogens is 262 g/mol. The molecule has 3 nitrogen and oxygen atoms in total. The molecule has 1 unspecified atom stereocenters. The Morgan fingerprint density at radius 2 is 1.76 bits per heavy atom. The molecule has 0 amide bonds. The summed E-state index contributed by atoms with van der Waals surface area (Å²) in [7, 11) is 0. The number of aromatic hydroxyl groups is 1. The minimum absolute atomic E-state index is 0.142. The normalized spacial score (nSPS) is 19.3. The highest BCUT2D eigenvalue weighted by molar-refractivity contribution is 5.33. The summed E-state index contributed by atoms with van der Waals surface area (Å²) in [4.78, 5) is 3.28. The monoisotopic (exact) mass is 285 g/mol. The number of aromatic nitrogens is 1. The van der Waals surface area contributed by atoms with Crippen molar-refractivity contribution in [3.8, 4) is 5.75 Å². The molecule has 0 aliphatic heterocycles. The van der Waals surface area contributed by atoms with Gasteiger partial charge in [0.15, 0.2) is 0 Å². The number of benzene rings is 1. The largest absolute Gasteiger partial charge is 0.508 e. The fourth-order valence-electron chi connectivity index (χ4n) is 3.47. The molecule has 0 radical (unpaired) electrons. The zero-order valence-corrected chi connectivity index (χ0v) is 12.3. The summed E-state index contributed by atoms with van der Waals surface area (Å²) in [6.45, 7) is 0. The second kappa shape index (κ2) is 5.94. The van der Waals surface area contributed by atoms with E-state index in [9.17, 15) is 10.2 Å². The molecular formula is C18H23NO2. The topological polar surface area (TPSA) is 56.2 Å². The molecule has 3 rings (SSSR count). The lowest BCUT2D eigenvalue weighted by Gasteiger charge is -2.35. The van der Waals surface area contributed by atoms with Crippen molar-refractivity contribution < 1.29 is 10.2 Å². The summed E-state index contributed by atoms with van der Waals surface area (Å²) in [6, 6.07) is 11.4. The van der Waals surface area contributed by atoms with E-state index in [1.165, 1.54) is 6.42 Å². The fourth-order valence-corrected chi connectivity index (χ4v) is 3.47. The van der Waals surface area contributed by atoms with Crippen LogP contribution < -0.4 is 0 Å². The summed E-state index contributed by atoms with van der Waals surface area (Å²) in [5, 5.41) is 20.4. The molecule has 0 bridgehead atoms. The molecule has 1 aliphatic carbocycles. The second-order valence-electron chi connectivity index (χ2n) is 6.26. The van der Waals surface area contributed by atoms with Gasteiger partial charge in [-0.3, -0.25) is 0 Å². The van der Waals surface area contributed by atoms with Gasteiger partial charge in [0.1, 0.15) is 5.75 Å². The zero-order chi connectivity index (χ0) is 14.7. The first-order valence-corrected chi connectivity index (χ1v) is 7.81. The van der Waals surface area contributed by atoms with E-state index in [2.05, 4.69) is 11.1 Å². The number of phenols is 1. The highest BCUT2D eigenvalue weighted by Gasteiger charge is 2.33. The first-order chi connectivity index (χ1) is 10.2. The number of aromatic amines is 1. The number of rotatable bonds is 4. The SMILES string of the molecule is Oc1ccc(C(CC2(O)CCCCC2)c2ccc[nH]2)cc1.